The van der Waals surface area contributed by atoms with Crippen molar-refractivity contribution in [1.29, 1.82) is 0 Å². The van der Waals surface area contributed by atoms with Crippen LogP contribution in [0.1, 0.15) is 12.8 Å². The van der Waals surface area contributed by atoms with Gasteiger partial charge in [-0.3, -0.25) is 19.7 Å². The van der Waals surface area contributed by atoms with Crippen LogP contribution in [-0.2, 0) is 19.2 Å². The Labute approximate surface area is 108 Å². The number of nitrogens with two attached hydrogens (primary N) is 1. The molecule has 1 aliphatic heterocycles. The van der Waals surface area contributed by atoms with Crippen LogP contribution in [0.3, 0.4) is 0 Å². The second-order valence-electron chi connectivity index (χ2n) is 4.14. The summed E-state index contributed by atoms with van der Waals surface area (Å²) < 4.78 is 0. The van der Waals surface area contributed by atoms with Crippen molar-refractivity contribution in [1.82, 2.24) is 16.0 Å². The van der Waals surface area contributed by atoms with Crippen LogP contribution in [-0.4, -0.2) is 54.0 Å². The van der Waals surface area contributed by atoms with E-state index in [0.717, 1.165) is 0 Å². The van der Waals surface area contributed by atoms with E-state index >= 15 is 0 Å². The van der Waals surface area contributed by atoms with Gasteiger partial charge in [0, 0.05) is 13.0 Å². The van der Waals surface area contributed by atoms with Crippen LogP contribution < -0.4 is 21.7 Å². The summed E-state index contributed by atoms with van der Waals surface area (Å²) in [6, 6.07) is -1.87. The van der Waals surface area contributed by atoms with Gasteiger partial charge in [-0.25, -0.2) is 4.79 Å². The molecule has 0 aromatic rings. The van der Waals surface area contributed by atoms with Crippen molar-refractivity contribution in [2.45, 2.75) is 24.9 Å². The Morgan fingerprint density at radius 1 is 1.47 bits per heavy atom. The molecule has 3 amide bonds. The standard InChI is InChI=1S/C10H16N4O5/c11-7(15)2-1-5(10(18)19)14-9(17)6-3-13-8(16)4-12-6/h5-6,12H,1-4H2,(H2,11,15)(H,13,16)(H,14,17)(H,18,19)/t5-,6?/m1/s1. The highest BCUT2D eigenvalue weighted by atomic mass is 16.4. The van der Waals surface area contributed by atoms with Crippen LogP contribution in [0, 0.1) is 0 Å². The highest BCUT2D eigenvalue weighted by Crippen LogP contribution is 1.99. The van der Waals surface area contributed by atoms with Gasteiger partial charge in [0.05, 0.1) is 6.54 Å². The first-order valence-electron chi connectivity index (χ1n) is 5.71. The van der Waals surface area contributed by atoms with Crippen LogP contribution in [0.2, 0.25) is 0 Å². The molecule has 6 N–H and O–H groups in total. The van der Waals surface area contributed by atoms with E-state index in [-0.39, 0.29) is 31.8 Å². The molecule has 1 fully saturated rings. The lowest BCUT2D eigenvalue weighted by Gasteiger charge is -2.24. The lowest BCUT2D eigenvalue weighted by molar-refractivity contribution is -0.142. The van der Waals surface area contributed by atoms with Gasteiger partial charge in [0.1, 0.15) is 12.1 Å². The molecule has 1 rings (SSSR count). The second-order valence-corrected chi connectivity index (χ2v) is 4.14. The zero-order valence-corrected chi connectivity index (χ0v) is 10.1. The molecule has 0 spiro atoms. The molecule has 1 heterocycles. The van der Waals surface area contributed by atoms with E-state index in [1.807, 2.05) is 0 Å². The van der Waals surface area contributed by atoms with Gasteiger partial charge < -0.3 is 21.5 Å². The summed E-state index contributed by atoms with van der Waals surface area (Å²) in [5.41, 5.74) is 4.93. The number of carboxylic acid groups (broad SMARTS) is 1. The van der Waals surface area contributed by atoms with Gasteiger partial charge in [-0.1, -0.05) is 0 Å². The average molecular weight is 272 g/mol. The third-order valence-electron chi connectivity index (χ3n) is 2.62. The predicted octanol–water partition coefficient (Wildman–Crippen LogP) is -3.09. The fourth-order valence-electron chi connectivity index (χ4n) is 1.57. The van der Waals surface area contributed by atoms with Gasteiger partial charge in [0.15, 0.2) is 0 Å². The second kappa shape index (κ2) is 6.69. The first-order chi connectivity index (χ1) is 8.90. The third kappa shape index (κ3) is 4.92. The molecule has 0 bridgehead atoms. The number of amides is 3. The van der Waals surface area contributed by atoms with Gasteiger partial charge in [0.25, 0.3) is 0 Å². The summed E-state index contributed by atoms with van der Waals surface area (Å²) in [5.74, 6) is -2.65. The van der Waals surface area contributed by atoms with E-state index in [1.165, 1.54) is 0 Å². The topological polar surface area (TPSA) is 151 Å². The van der Waals surface area contributed by atoms with Gasteiger partial charge in [-0.05, 0) is 6.42 Å². The van der Waals surface area contributed by atoms with Crippen molar-refractivity contribution in [2.24, 2.45) is 5.73 Å². The number of hydrogen-bond acceptors (Lipinski definition) is 5. The van der Waals surface area contributed by atoms with Gasteiger partial charge in [-0.15, -0.1) is 0 Å². The summed E-state index contributed by atoms with van der Waals surface area (Å²) in [6.07, 6.45) is -0.207. The van der Waals surface area contributed by atoms with Gasteiger partial charge >= 0.3 is 5.97 Å². The summed E-state index contributed by atoms with van der Waals surface area (Å²) in [4.78, 5) is 44.2. The van der Waals surface area contributed by atoms with Crippen LogP contribution in [0.15, 0.2) is 0 Å². The molecule has 0 aromatic heterocycles. The van der Waals surface area contributed by atoms with Crippen molar-refractivity contribution >= 4 is 23.7 Å². The minimum absolute atomic E-state index is 0.00287. The number of piperazine rings is 1. The van der Waals surface area contributed by atoms with Gasteiger partial charge in [-0.2, -0.15) is 0 Å². The Balaban J connectivity index is 2.49. The molecule has 1 saturated heterocycles. The molecule has 106 valence electrons. The predicted molar refractivity (Wildman–Crippen MR) is 62.8 cm³/mol. The fraction of sp³-hybridized carbons (Fsp3) is 0.600. The number of nitrogens with one attached hydrogen (secondary N) is 3. The number of hydrogen-bond donors (Lipinski definition) is 5. The molecule has 9 nitrogen and oxygen atoms in total. The first kappa shape index (κ1) is 14.9. The molecule has 2 atom stereocenters. The van der Waals surface area contributed by atoms with E-state index in [9.17, 15) is 19.2 Å². The minimum atomic E-state index is -1.24. The lowest BCUT2D eigenvalue weighted by Crippen LogP contribution is -2.59. The van der Waals surface area contributed by atoms with Crippen molar-refractivity contribution < 1.29 is 24.3 Å². The Hall–Kier alpha value is -2.16. The third-order valence-corrected chi connectivity index (χ3v) is 2.62. The molecule has 9 heteroatoms. The van der Waals surface area contributed by atoms with E-state index in [4.69, 9.17) is 10.8 Å². The Kier molecular flexibility index (Phi) is 5.24. The molecule has 0 aliphatic carbocycles. The van der Waals surface area contributed by atoms with E-state index in [1.54, 1.807) is 0 Å². The van der Waals surface area contributed by atoms with E-state index in [0.29, 0.717) is 0 Å². The number of aliphatic carboxylic acids is 1. The number of primary amides is 1. The Morgan fingerprint density at radius 2 is 2.16 bits per heavy atom. The van der Waals surface area contributed by atoms with E-state index < -0.39 is 29.9 Å². The number of carbonyl (C=O) groups is 4. The van der Waals surface area contributed by atoms with Crippen LogP contribution in [0.4, 0.5) is 0 Å². The monoisotopic (exact) mass is 272 g/mol. The molecule has 0 aromatic carbocycles. The molecule has 0 saturated carbocycles. The van der Waals surface area contributed by atoms with Crippen molar-refractivity contribution in [2.75, 3.05) is 13.1 Å². The summed E-state index contributed by atoms with van der Waals surface area (Å²) >= 11 is 0. The number of carboxylic acids is 1. The van der Waals surface area contributed by atoms with Gasteiger partial charge in [0.2, 0.25) is 17.7 Å². The molecular formula is C10H16N4O5. The quantitative estimate of drug-likeness (QED) is 0.346. The lowest BCUT2D eigenvalue weighted by atomic mass is 10.1. The molecule has 0 radical (unpaired) electrons. The van der Waals surface area contributed by atoms with Crippen molar-refractivity contribution in [3.05, 3.63) is 0 Å². The molecule has 19 heavy (non-hydrogen) atoms. The first-order valence-corrected chi connectivity index (χ1v) is 5.71. The largest absolute Gasteiger partial charge is 0.480 e. The summed E-state index contributed by atoms with van der Waals surface area (Å²) in [5, 5.41) is 16.4. The fourth-order valence-corrected chi connectivity index (χ4v) is 1.57. The van der Waals surface area contributed by atoms with Crippen LogP contribution >= 0.6 is 0 Å². The number of carbonyl (C=O) groups excluding carboxylic acids is 3. The zero-order valence-electron chi connectivity index (χ0n) is 10.1. The smallest absolute Gasteiger partial charge is 0.326 e. The normalized spacial score (nSPS) is 20.2. The summed E-state index contributed by atoms with van der Waals surface area (Å²) in [6.45, 7) is 0.0872. The maximum Gasteiger partial charge on any atom is 0.326 e. The molecule has 1 unspecified atom stereocenters. The van der Waals surface area contributed by atoms with Crippen LogP contribution in [0.25, 0.3) is 0 Å². The van der Waals surface area contributed by atoms with E-state index in [2.05, 4.69) is 16.0 Å². The van der Waals surface area contributed by atoms with Crippen molar-refractivity contribution in [3.8, 4) is 0 Å². The summed E-state index contributed by atoms with van der Waals surface area (Å²) in [7, 11) is 0. The molecule has 1 aliphatic rings. The highest BCUT2D eigenvalue weighted by Gasteiger charge is 2.27. The van der Waals surface area contributed by atoms with Crippen molar-refractivity contribution in [3.63, 3.8) is 0 Å². The Morgan fingerprint density at radius 3 is 2.63 bits per heavy atom. The zero-order chi connectivity index (χ0) is 14.4. The highest BCUT2D eigenvalue weighted by molar-refractivity contribution is 5.89. The Bertz CT molecular complexity index is 387. The minimum Gasteiger partial charge on any atom is -0.480 e. The van der Waals surface area contributed by atoms with Crippen LogP contribution in [0.5, 0.6) is 0 Å². The molecular weight excluding hydrogens is 256 g/mol. The SMILES string of the molecule is NC(=O)CC[C@@H](NC(=O)C1CNC(=O)CN1)C(=O)O. The average Bonchev–Trinajstić information content (AvgIpc) is 2.34. The maximum atomic E-state index is 11.8. The number of rotatable bonds is 6. The maximum absolute atomic E-state index is 11.8.